The zero-order chi connectivity index (χ0) is 105. The second-order valence-corrected chi connectivity index (χ2v) is 38.5. The molecule has 0 spiro atoms. The molecule has 780 valence electrons. The van der Waals surface area contributed by atoms with Crippen LogP contribution in [-0.4, -0.2) is 160 Å². The predicted molar refractivity (Wildman–Crippen MR) is 494 cm³/mol. The topological polar surface area (TPSA) is 277 Å². The van der Waals surface area contributed by atoms with Gasteiger partial charge in [-0.15, -0.1) is 0 Å². The first-order valence-corrected chi connectivity index (χ1v) is 47.5. The van der Waals surface area contributed by atoms with Crippen molar-refractivity contribution in [2.45, 2.75) is 223 Å². The molecule has 3 aromatic heterocycles. The lowest BCUT2D eigenvalue weighted by molar-refractivity contribution is -0.144. The van der Waals surface area contributed by atoms with E-state index in [1.807, 2.05) is 79.4 Å². The van der Waals surface area contributed by atoms with Gasteiger partial charge in [0.1, 0.15) is 53.0 Å². The first kappa shape index (κ1) is 105. The monoisotopic (exact) mass is 2060 g/mol. The van der Waals surface area contributed by atoms with Crippen molar-refractivity contribution in [3.05, 3.63) is 228 Å². The molecule has 3 saturated carbocycles. The van der Waals surface area contributed by atoms with E-state index < -0.39 is 178 Å². The number of carbonyl (C=O) groups is 6. The maximum atomic E-state index is 13.7. The first-order valence-electron chi connectivity index (χ1n) is 47.5. The van der Waals surface area contributed by atoms with Crippen LogP contribution >= 0.6 is 0 Å². The van der Waals surface area contributed by atoms with Crippen LogP contribution in [0.25, 0.3) is 33.4 Å². The van der Waals surface area contributed by atoms with Crippen LogP contribution < -0.4 is 28.9 Å². The number of halogens is 18. The number of hydrogen-bond donors (Lipinski definition) is 3. The van der Waals surface area contributed by atoms with Crippen LogP contribution in [-0.2, 0) is 85.3 Å². The van der Waals surface area contributed by atoms with Gasteiger partial charge in [-0.1, -0.05) is 18.2 Å². The summed E-state index contributed by atoms with van der Waals surface area (Å²) < 4.78 is 279. The van der Waals surface area contributed by atoms with E-state index in [0.717, 1.165) is 86.3 Å². The third kappa shape index (κ3) is 22.3. The van der Waals surface area contributed by atoms with Gasteiger partial charge in [0.05, 0.1) is 127 Å². The third-order valence-corrected chi connectivity index (χ3v) is 29.3. The molecule has 9 fully saturated rings. The molecule has 9 heterocycles. The van der Waals surface area contributed by atoms with Crippen LogP contribution in [0.2, 0.25) is 0 Å². The number of benzene rings is 6. The molecule has 3 amide bonds. The molecule has 0 unspecified atom stereocenters. The minimum atomic E-state index is -5.06. The van der Waals surface area contributed by atoms with Crippen LogP contribution in [0.15, 0.2) is 133 Å². The molecule has 6 saturated heterocycles. The number of carboxylic acids is 3. The molecule has 6 aliphatic heterocycles. The molecule has 24 nitrogen and oxygen atoms in total. The number of aliphatic carboxylic acids is 3. The Morgan fingerprint density at radius 3 is 0.863 bits per heavy atom. The average molecular weight is 2060 g/mol. The van der Waals surface area contributed by atoms with E-state index in [0.29, 0.717) is 179 Å². The summed E-state index contributed by atoms with van der Waals surface area (Å²) in [6.45, 7) is 12.5. The number of carboxylic acid groups (broad SMARTS) is 3. The standard InChI is InChI=1S/2C35H35F6N3O5.C34H33F6N3O5/c2*1-18-11-29(43-9-4-10-43)42-27(30(18)26-15-21(7-8-28(26)48-3)20-5-6-22(12-20)32(45)46)17-44-19(2)31(49-33(44)47)23-13-24(34(36,37)38)16-25(14-23)35(39,40)41;1-18-30(22-13-23(33(35,36)37)16-24(14-22)34(38,39)40)48-32(46)43(18)17-27-25(7-9-29(41-27)42-10-3-11-42)26-15-20(6-8-28(26)47-2)19-4-5-21(12-19)31(44)45/h2*7-8,11,13-16,19-20,22,31H,4-6,9-10,12,17H2,1-3H3,(H,45,46);6-9,13-16,18-19,21,30H,3-5,10-12,17H2,1-2H3,(H,44,45)/t2*19-,20+,22+,31-;18-,19+,21-,30-/m000/s1. The van der Waals surface area contributed by atoms with Crippen molar-refractivity contribution in [1.29, 1.82) is 0 Å². The third-order valence-electron chi connectivity index (χ3n) is 29.3. The van der Waals surface area contributed by atoms with Gasteiger partial charge in [-0.25, -0.2) is 29.3 Å². The summed E-state index contributed by atoms with van der Waals surface area (Å²) in [4.78, 5) is 99.5. The van der Waals surface area contributed by atoms with Crippen molar-refractivity contribution in [2.75, 3.05) is 75.3 Å². The number of alkyl halides is 18. The fraction of sp³-hybridized carbons (Fsp3) is 0.452. The van der Waals surface area contributed by atoms with Crippen molar-refractivity contribution in [1.82, 2.24) is 29.7 Å². The highest BCUT2D eigenvalue weighted by Crippen LogP contribution is 2.53. The summed E-state index contributed by atoms with van der Waals surface area (Å²) in [5.41, 5.74) is -0.658. The number of aromatic nitrogens is 3. The number of pyridine rings is 3. The first-order chi connectivity index (χ1) is 68.7. The number of nitrogens with zero attached hydrogens (tertiary/aromatic N) is 9. The Balaban J connectivity index is 0.000000157. The Labute approximate surface area is 825 Å². The highest BCUT2D eigenvalue weighted by atomic mass is 19.4. The maximum absolute atomic E-state index is 13.7. The average Bonchev–Trinajstić information content (AvgIpc) is 1.42. The Morgan fingerprint density at radius 1 is 0.336 bits per heavy atom. The second kappa shape index (κ2) is 41.1. The number of anilines is 3. The van der Waals surface area contributed by atoms with Crippen molar-refractivity contribution < 1.29 is 152 Å². The molecule has 3 aliphatic carbocycles. The number of amides is 3. The highest BCUT2D eigenvalue weighted by molar-refractivity contribution is 5.82. The summed E-state index contributed by atoms with van der Waals surface area (Å²) in [7, 11) is 4.53. The van der Waals surface area contributed by atoms with E-state index in [4.69, 9.17) is 43.4 Å². The lowest BCUT2D eigenvalue weighted by Crippen LogP contribution is -2.38. The van der Waals surface area contributed by atoms with Crippen molar-refractivity contribution in [2.24, 2.45) is 17.8 Å². The number of rotatable bonds is 24. The van der Waals surface area contributed by atoms with E-state index >= 15 is 0 Å². The smallest absolute Gasteiger partial charge is 0.416 e. The molecule has 0 bridgehead atoms. The van der Waals surface area contributed by atoms with Gasteiger partial charge in [0.15, 0.2) is 0 Å². The zero-order valence-electron chi connectivity index (χ0n) is 80.0. The summed E-state index contributed by atoms with van der Waals surface area (Å²) in [5, 5.41) is 28.6. The van der Waals surface area contributed by atoms with Crippen LogP contribution in [0.3, 0.4) is 0 Å². The Morgan fingerprint density at radius 2 is 0.603 bits per heavy atom. The van der Waals surface area contributed by atoms with E-state index in [1.54, 1.807) is 18.2 Å². The lowest BCUT2D eigenvalue weighted by atomic mass is 9.90. The van der Waals surface area contributed by atoms with Crippen molar-refractivity contribution >= 4 is 53.6 Å². The number of methoxy groups -OCH3 is 3. The largest absolute Gasteiger partial charge is 0.496 e. The Hall–Kier alpha value is -13.5. The number of ether oxygens (including phenoxy) is 6. The molecular weight excluding hydrogens is 1960 g/mol. The summed E-state index contributed by atoms with van der Waals surface area (Å²) in [6, 6.07) is 25.2. The highest BCUT2D eigenvalue weighted by Gasteiger charge is 2.50. The Bertz CT molecular complexity index is 6130. The van der Waals surface area contributed by atoms with Crippen molar-refractivity contribution in [3.8, 4) is 50.6 Å². The Kier molecular flexibility index (Phi) is 29.6. The quantitative estimate of drug-likeness (QED) is 0.0374. The SMILES string of the molecule is COc1ccc([C@@H]2CC[C@@H](C(=O)O)C2)cc1-c1c(C)cc(N2CCC2)nc1CN1C(=O)O[C@H](c2cc(C(F)(F)F)cc(C(F)(F)F)c2)[C@@H]1C.COc1ccc([C@@H]2CC[C@@H](C(=O)O)C2)cc1-c1c(C)cc(N2CCC2)nc1CN1C(=O)O[C@H](c2cc(C(F)(F)F)cc(C(F)(F)F)c2)[C@@H]1C.COc1ccc([C@@H]2CC[C@H](C(=O)O)C2)cc1-c1ccc(N2CCC2)nc1CN1C(=O)O[C@H](c2cc(C(F)(F)F)cc(C(F)(F)F)c2)[C@@H]1C. The van der Waals surface area contributed by atoms with Gasteiger partial charge in [-0.05, 0) is 289 Å². The van der Waals surface area contributed by atoms with Gasteiger partial charge in [0, 0.05) is 72.6 Å². The van der Waals surface area contributed by atoms with Crippen molar-refractivity contribution in [3.63, 3.8) is 0 Å². The van der Waals surface area contributed by atoms with Gasteiger partial charge >= 0.3 is 73.2 Å². The molecule has 9 aliphatic rings. The molecule has 0 radical (unpaired) electrons. The number of cyclic esters (lactones) is 3. The fourth-order valence-corrected chi connectivity index (χ4v) is 20.9. The van der Waals surface area contributed by atoms with Crippen LogP contribution in [0.4, 0.5) is 111 Å². The molecule has 42 heteroatoms. The minimum Gasteiger partial charge on any atom is -0.496 e. The molecule has 12 atom stereocenters. The number of hydrogen-bond acceptors (Lipinski definition) is 18. The molecule has 3 N–H and O–H groups in total. The van der Waals surface area contributed by atoms with E-state index in [2.05, 4.69) is 9.80 Å². The van der Waals surface area contributed by atoms with Gasteiger partial charge < -0.3 is 58.4 Å². The van der Waals surface area contributed by atoms with Crippen LogP contribution in [0.5, 0.6) is 17.2 Å². The fourth-order valence-electron chi connectivity index (χ4n) is 20.9. The van der Waals surface area contributed by atoms with Crippen LogP contribution in [0.1, 0.15) is 229 Å². The molecule has 18 rings (SSSR count). The van der Waals surface area contributed by atoms with Gasteiger partial charge in [0.25, 0.3) is 0 Å². The summed E-state index contributed by atoms with van der Waals surface area (Å²) in [5.74, 6) is -0.264. The second-order valence-electron chi connectivity index (χ2n) is 38.5. The number of carbonyl (C=O) groups excluding carboxylic acids is 3. The minimum absolute atomic E-state index is 0.00576. The maximum Gasteiger partial charge on any atom is 0.416 e. The molecule has 9 aromatic rings. The molecular formula is C104H103F18N9O15. The number of aryl methyl sites for hydroxylation is 2. The van der Waals surface area contributed by atoms with E-state index in [-0.39, 0.29) is 55.6 Å². The van der Waals surface area contributed by atoms with Gasteiger partial charge in [-0.2, -0.15) is 79.0 Å². The summed E-state index contributed by atoms with van der Waals surface area (Å²) >= 11 is 0. The molecule has 146 heavy (non-hydrogen) atoms. The van der Waals surface area contributed by atoms with E-state index in [1.165, 1.54) is 56.8 Å². The predicted octanol–water partition coefficient (Wildman–Crippen LogP) is 24.8. The van der Waals surface area contributed by atoms with Gasteiger partial charge in [0.2, 0.25) is 0 Å². The van der Waals surface area contributed by atoms with Gasteiger partial charge in [-0.3, -0.25) is 29.1 Å². The van der Waals surface area contributed by atoms with Crippen LogP contribution in [0, 0.1) is 31.6 Å². The summed E-state index contributed by atoms with van der Waals surface area (Å²) in [6.07, 6.45) is -29.2. The zero-order valence-corrected chi connectivity index (χ0v) is 80.0. The molecule has 6 aromatic carbocycles. The van der Waals surface area contributed by atoms with E-state index in [9.17, 15) is 123 Å². The normalized spacial score (nSPS) is 22.7. The lowest BCUT2D eigenvalue weighted by Gasteiger charge is -2.33.